The first-order valence-corrected chi connectivity index (χ1v) is 7.81. The molecule has 3 aromatic carbocycles. The van der Waals surface area contributed by atoms with Crippen molar-refractivity contribution in [3.05, 3.63) is 76.8 Å². The van der Waals surface area contributed by atoms with E-state index in [2.05, 4.69) is 44.8 Å². The average molecular weight is 350 g/mol. The zero-order chi connectivity index (χ0) is 15.1. The Morgan fingerprint density at radius 1 is 0.818 bits per heavy atom. The van der Waals surface area contributed by atoms with Crippen LogP contribution in [0.3, 0.4) is 0 Å². The van der Waals surface area contributed by atoms with Crippen LogP contribution in [0.15, 0.2) is 71.2 Å². The van der Waals surface area contributed by atoms with E-state index in [0.717, 1.165) is 38.3 Å². The number of carbonyl (C=O) groups is 1. The van der Waals surface area contributed by atoms with Gasteiger partial charge in [0.25, 0.3) is 0 Å². The fourth-order valence-corrected chi connectivity index (χ4v) is 3.30. The number of halogens is 1. The van der Waals surface area contributed by atoms with Crippen molar-refractivity contribution in [2.75, 3.05) is 0 Å². The highest BCUT2D eigenvalue weighted by Crippen LogP contribution is 2.33. The molecule has 0 fully saturated rings. The van der Waals surface area contributed by atoms with Crippen molar-refractivity contribution in [3.8, 4) is 5.69 Å². The standard InChI is InChI=1S/C19H12BrNO/c20-14-7-9-19-17(11-14)16-10-13(12-22)6-8-18(16)21(19)15-4-2-1-3-5-15/h1-12H. The topological polar surface area (TPSA) is 22.0 Å². The molecule has 4 rings (SSSR count). The van der Waals surface area contributed by atoms with Crippen LogP contribution in [0.2, 0.25) is 0 Å². The van der Waals surface area contributed by atoms with Crippen LogP contribution in [0.5, 0.6) is 0 Å². The van der Waals surface area contributed by atoms with Crippen LogP contribution in [0.25, 0.3) is 27.5 Å². The van der Waals surface area contributed by atoms with Crippen molar-refractivity contribution in [1.82, 2.24) is 4.57 Å². The Bertz CT molecular complexity index is 1000. The summed E-state index contributed by atoms with van der Waals surface area (Å²) in [5.41, 5.74) is 4.04. The van der Waals surface area contributed by atoms with E-state index < -0.39 is 0 Å². The number of rotatable bonds is 2. The van der Waals surface area contributed by atoms with Crippen LogP contribution < -0.4 is 0 Å². The minimum Gasteiger partial charge on any atom is -0.309 e. The summed E-state index contributed by atoms with van der Waals surface area (Å²) in [4.78, 5) is 11.1. The molecular weight excluding hydrogens is 338 g/mol. The second kappa shape index (κ2) is 5.11. The summed E-state index contributed by atoms with van der Waals surface area (Å²) < 4.78 is 3.26. The summed E-state index contributed by atoms with van der Waals surface area (Å²) >= 11 is 3.54. The second-order valence-corrected chi connectivity index (χ2v) is 6.14. The first-order chi connectivity index (χ1) is 10.8. The van der Waals surface area contributed by atoms with E-state index >= 15 is 0 Å². The Morgan fingerprint density at radius 3 is 2.23 bits per heavy atom. The lowest BCUT2D eigenvalue weighted by Crippen LogP contribution is -1.93. The molecule has 0 aliphatic heterocycles. The molecule has 0 amide bonds. The number of aromatic nitrogens is 1. The third-order valence-corrected chi connectivity index (χ3v) is 4.39. The molecule has 0 atom stereocenters. The molecule has 2 nitrogen and oxygen atoms in total. The highest BCUT2D eigenvalue weighted by Gasteiger charge is 2.12. The predicted octanol–water partition coefficient (Wildman–Crippen LogP) is 5.36. The Hall–Kier alpha value is -2.39. The van der Waals surface area contributed by atoms with E-state index in [-0.39, 0.29) is 0 Å². The zero-order valence-electron chi connectivity index (χ0n) is 11.7. The van der Waals surface area contributed by atoms with Gasteiger partial charge in [-0.1, -0.05) is 34.1 Å². The van der Waals surface area contributed by atoms with Crippen molar-refractivity contribution in [2.45, 2.75) is 0 Å². The van der Waals surface area contributed by atoms with Gasteiger partial charge in [-0.15, -0.1) is 0 Å². The number of aldehydes is 1. The van der Waals surface area contributed by atoms with Crippen LogP contribution >= 0.6 is 15.9 Å². The van der Waals surface area contributed by atoms with E-state index in [1.165, 1.54) is 0 Å². The van der Waals surface area contributed by atoms with E-state index in [0.29, 0.717) is 5.56 Å². The number of nitrogens with zero attached hydrogens (tertiary/aromatic N) is 1. The fraction of sp³-hybridized carbons (Fsp3) is 0. The van der Waals surface area contributed by atoms with Crippen LogP contribution in [-0.4, -0.2) is 10.9 Å². The van der Waals surface area contributed by atoms with Crippen LogP contribution in [-0.2, 0) is 0 Å². The van der Waals surface area contributed by atoms with E-state index in [1.807, 2.05) is 42.5 Å². The summed E-state index contributed by atoms with van der Waals surface area (Å²) in [5, 5.41) is 2.22. The summed E-state index contributed by atoms with van der Waals surface area (Å²) in [6.45, 7) is 0. The van der Waals surface area contributed by atoms with Gasteiger partial charge in [-0.3, -0.25) is 4.79 Å². The summed E-state index contributed by atoms with van der Waals surface area (Å²) in [7, 11) is 0. The van der Waals surface area contributed by atoms with Crippen molar-refractivity contribution in [3.63, 3.8) is 0 Å². The van der Waals surface area contributed by atoms with Gasteiger partial charge in [0.1, 0.15) is 6.29 Å². The maximum atomic E-state index is 11.1. The molecule has 0 aliphatic rings. The Kier molecular flexibility index (Phi) is 3.09. The molecule has 0 saturated heterocycles. The van der Waals surface area contributed by atoms with Crippen molar-refractivity contribution >= 4 is 44.0 Å². The molecule has 0 spiro atoms. The van der Waals surface area contributed by atoms with Gasteiger partial charge in [-0.2, -0.15) is 0 Å². The third kappa shape index (κ3) is 1.97. The monoisotopic (exact) mass is 349 g/mol. The lowest BCUT2D eigenvalue weighted by atomic mass is 10.1. The second-order valence-electron chi connectivity index (χ2n) is 5.23. The highest BCUT2D eigenvalue weighted by molar-refractivity contribution is 9.10. The molecule has 0 saturated carbocycles. The van der Waals surface area contributed by atoms with Gasteiger partial charge < -0.3 is 4.57 Å². The van der Waals surface area contributed by atoms with Crippen molar-refractivity contribution in [2.24, 2.45) is 0 Å². The number of carbonyl (C=O) groups excluding carboxylic acids is 1. The number of para-hydroxylation sites is 1. The van der Waals surface area contributed by atoms with Gasteiger partial charge >= 0.3 is 0 Å². The van der Waals surface area contributed by atoms with Gasteiger partial charge in [-0.25, -0.2) is 0 Å². The van der Waals surface area contributed by atoms with E-state index in [1.54, 1.807) is 0 Å². The number of hydrogen-bond donors (Lipinski definition) is 0. The van der Waals surface area contributed by atoms with Gasteiger partial charge in [-0.05, 0) is 48.5 Å². The third-order valence-electron chi connectivity index (χ3n) is 3.90. The average Bonchev–Trinajstić information content (AvgIpc) is 2.88. The predicted molar refractivity (Wildman–Crippen MR) is 93.9 cm³/mol. The molecule has 106 valence electrons. The molecule has 0 aliphatic carbocycles. The smallest absolute Gasteiger partial charge is 0.150 e. The molecule has 0 bridgehead atoms. The first-order valence-electron chi connectivity index (χ1n) is 7.02. The van der Waals surface area contributed by atoms with E-state index in [4.69, 9.17) is 0 Å². The van der Waals surface area contributed by atoms with Gasteiger partial charge in [0, 0.05) is 26.5 Å². The molecule has 0 N–H and O–H groups in total. The highest BCUT2D eigenvalue weighted by atomic mass is 79.9. The molecule has 3 heteroatoms. The lowest BCUT2D eigenvalue weighted by Gasteiger charge is -2.07. The van der Waals surface area contributed by atoms with Gasteiger partial charge in [0.15, 0.2) is 0 Å². The molecule has 1 heterocycles. The minimum absolute atomic E-state index is 0.694. The van der Waals surface area contributed by atoms with Gasteiger partial charge in [0.2, 0.25) is 0 Å². The fourth-order valence-electron chi connectivity index (χ4n) is 2.94. The Balaban J connectivity index is 2.20. The number of hydrogen-bond acceptors (Lipinski definition) is 1. The largest absolute Gasteiger partial charge is 0.309 e. The quantitative estimate of drug-likeness (QED) is 0.446. The minimum atomic E-state index is 0.694. The van der Waals surface area contributed by atoms with Crippen LogP contribution in [0, 0.1) is 0 Å². The van der Waals surface area contributed by atoms with Crippen LogP contribution in [0.1, 0.15) is 10.4 Å². The Morgan fingerprint density at radius 2 is 1.50 bits per heavy atom. The maximum absolute atomic E-state index is 11.1. The molecule has 0 radical (unpaired) electrons. The summed E-state index contributed by atoms with van der Waals surface area (Å²) in [6.07, 6.45) is 0.892. The molecule has 0 unspecified atom stereocenters. The number of fused-ring (bicyclic) bond motifs is 3. The first kappa shape index (κ1) is 13.3. The molecule has 1 aromatic heterocycles. The summed E-state index contributed by atoms with van der Waals surface area (Å²) in [5.74, 6) is 0. The normalized spacial score (nSPS) is 11.1. The van der Waals surface area contributed by atoms with Crippen LogP contribution in [0.4, 0.5) is 0 Å². The van der Waals surface area contributed by atoms with Crippen molar-refractivity contribution < 1.29 is 4.79 Å². The Labute approximate surface area is 136 Å². The van der Waals surface area contributed by atoms with Gasteiger partial charge in [0.05, 0.1) is 11.0 Å². The molecule has 22 heavy (non-hydrogen) atoms. The molecular formula is C19H12BrNO. The molecule has 4 aromatic rings. The lowest BCUT2D eigenvalue weighted by molar-refractivity contribution is 0.112. The van der Waals surface area contributed by atoms with E-state index in [9.17, 15) is 4.79 Å². The zero-order valence-corrected chi connectivity index (χ0v) is 13.2. The number of benzene rings is 3. The van der Waals surface area contributed by atoms with Crippen molar-refractivity contribution in [1.29, 1.82) is 0 Å². The summed E-state index contributed by atoms with van der Waals surface area (Å²) in [6, 6.07) is 22.3. The SMILES string of the molecule is O=Cc1ccc2c(c1)c1cc(Br)ccc1n2-c1ccccc1. The maximum Gasteiger partial charge on any atom is 0.150 e.